The van der Waals surface area contributed by atoms with Crippen LogP contribution >= 0.6 is 0 Å². The second kappa shape index (κ2) is 2.64. The van der Waals surface area contributed by atoms with Gasteiger partial charge in [0.25, 0.3) is 0 Å². The molecule has 0 heterocycles. The summed E-state index contributed by atoms with van der Waals surface area (Å²) in [7, 11) is 3.24. The zero-order valence-corrected chi connectivity index (χ0v) is 7.52. The van der Waals surface area contributed by atoms with Gasteiger partial charge >= 0.3 is 0 Å². The molecule has 0 amide bonds. The van der Waals surface area contributed by atoms with Crippen molar-refractivity contribution in [3.05, 3.63) is 6.17 Å². The summed E-state index contributed by atoms with van der Waals surface area (Å²) in [5, 5.41) is 0. The highest BCUT2D eigenvalue weighted by molar-refractivity contribution is 6.79. The first-order valence-corrected chi connectivity index (χ1v) is 6.52. The van der Waals surface area contributed by atoms with Gasteiger partial charge in [-0.1, -0.05) is 19.6 Å². The Morgan fingerprint density at radius 3 is 1.50 bits per heavy atom. The molecule has 0 bridgehead atoms. The smallest absolute Gasteiger partial charge is 0.0654 e. The van der Waals surface area contributed by atoms with Crippen molar-refractivity contribution in [3.63, 3.8) is 0 Å². The third-order valence-corrected chi connectivity index (χ3v) is 1.94. The summed E-state index contributed by atoms with van der Waals surface area (Å²) in [6.45, 7) is 6.98. The maximum Gasteiger partial charge on any atom is 0.0654 e. The van der Waals surface area contributed by atoms with Crippen molar-refractivity contribution in [3.8, 4) is 0 Å². The molecule has 0 atom stereocenters. The van der Waals surface area contributed by atoms with Crippen LogP contribution in [0.25, 0.3) is 0 Å². The summed E-state index contributed by atoms with van der Waals surface area (Å²) < 4.78 is 0. The predicted octanol–water partition coefficient (Wildman–Crippen LogP) is 1.59. The molecule has 0 aromatic carbocycles. The van der Waals surface area contributed by atoms with Crippen LogP contribution in [0.3, 0.4) is 0 Å². The van der Waals surface area contributed by atoms with E-state index in [0.717, 1.165) is 0 Å². The first-order valence-electron chi connectivity index (χ1n) is 2.94. The van der Waals surface area contributed by atoms with Gasteiger partial charge in [-0.2, -0.15) is 0 Å². The van der Waals surface area contributed by atoms with Crippen molar-refractivity contribution in [1.82, 2.24) is 4.90 Å². The quantitative estimate of drug-likeness (QED) is 0.513. The van der Waals surface area contributed by atoms with Gasteiger partial charge in [0.15, 0.2) is 0 Å². The zero-order valence-electron chi connectivity index (χ0n) is 6.52. The van der Waals surface area contributed by atoms with Gasteiger partial charge in [0, 0.05) is 6.17 Å². The highest BCUT2D eigenvalue weighted by atomic mass is 28.3. The zero-order chi connectivity index (χ0) is 6.78. The van der Waals surface area contributed by atoms with E-state index in [1.165, 1.54) is 0 Å². The predicted molar refractivity (Wildman–Crippen MR) is 41.3 cm³/mol. The van der Waals surface area contributed by atoms with Gasteiger partial charge in [-0.25, -0.2) is 0 Å². The van der Waals surface area contributed by atoms with Gasteiger partial charge in [0.05, 0.1) is 8.07 Å². The molecule has 0 aliphatic carbocycles. The van der Waals surface area contributed by atoms with Gasteiger partial charge in [-0.3, -0.25) is 0 Å². The van der Waals surface area contributed by atoms with E-state index < -0.39 is 8.07 Å². The van der Waals surface area contributed by atoms with Crippen LogP contribution in [0.4, 0.5) is 0 Å². The lowest BCUT2D eigenvalue weighted by atomic mass is 11.0. The highest BCUT2D eigenvalue weighted by Gasteiger charge is 2.13. The fraction of sp³-hybridized carbons (Fsp3) is 0.833. The average Bonchev–Trinajstić information content (AvgIpc) is 1.21. The molecule has 0 saturated heterocycles. The van der Waals surface area contributed by atoms with E-state index in [4.69, 9.17) is 0 Å². The third-order valence-electron chi connectivity index (χ3n) is 0.645. The number of nitrogens with zero attached hydrogens (tertiary/aromatic N) is 1. The van der Waals surface area contributed by atoms with Gasteiger partial charge in [-0.05, 0) is 14.1 Å². The summed E-state index contributed by atoms with van der Waals surface area (Å²) in [5.41, 5.74) is 0. The maximum atomic E-state index is 2.33. The Balaban J connectivity index is 3.39. The molecule has 2 heteroatoms. The third kappa shape index (κ3) is 6.18. The van der Waals surface area contributed by atoms with Crippen molar-refractivity contribution in [1.29, 1.82) is 0 Å². The molecule has 0 aliphatic heterocycles. The Hall–Kier alpha value is 0.177. The average molecular weight is 130 g/mol. The summed E-state index contributed by atoms with van der Waals surface area (Å²) in [5.74, 6) is 0. The Bertz CT molecular complexity index is 63.4. The molecule has 8 heavy (non-hydrogen) atoms. The lowest BCUT2D eigenvalue weighted by Crippen LogP contribution is -2.29. The fourth-order valence-electron chi connectivity index (χ4n) is 0.775. The number of hydrogen-bond acceptors (Lipinski definition) is 1. The molecule has 0 unspecified atom stereocenters. The largest absolute Gasteiger partial charge is 0.308 e. The second-order valence-electron chi connectivity index (χ2n) is 3.46. The molecule has 0 fully saturated rings. The van der Waals surface area contributed by atoms with E-state index in [0.29, 0.717) is 0 Å². The van der Waals surface area contributed by atoms with Gasteiger partial charge in [-0.15, -0.1) is 0 Å². The van der Waals surface area contributed by atoms with Crippen molar-refractivity contribution >= 4 is 8.07 Å². The maximum absolute atomic E-state index is 2.33. The van der Waals surface area contributed by atoms with Crippen LogP contribution in [0.5, 0.6) is 0 Å². The molecule has 0 aromatic heterocycles. The molecule has 49 valence electrons. The van der Waals surface area contributed by atoms with E-state index in [9.17, 15) is 0 Å². The van der Waals surface area contributed by atoms with E-state index in [2.05, 4.69) is 44.8 Å². The molecule has 0 rings (SSSR count). The molecular weight excluding hydrogens is 114 g/mol. The van der Waals surface area contributed by atoms with Crippen LogP contribution in [0.2, 0.25) is 19.6 Å². The summed E-state index contributed by atoms with van der Waals surface area (Å²) >= 11 is 0. The molecule has 1 radical (unpaired) electrons. The summed E-state index contributed by atoms with van der Waals surface area (Å²) in [6.07, 6.45) is 2.33. The topological polar surface area (TPSA) is 3.24 Å². The first-order chi connectivity index (χ1) is 3.42. The lowest BCUT2D eigenvalue weighted by Gasteiger charge is -2.19. The number of rotatable bonds is 2. The van der Waals surface area contributed by atoms with E-state index in [1.54, 1.807) is 0 Å². The SMILES string of the molecule is CN(C)[CH][Si](C)(C)C. The molecular formula is C6H16NSi. The van der Waals surface area contributed by atoms with Crippen LogP contribution in [0.1, 0.15) is 0 Å². The molecule has 0 aromatic rings. The van der Waals surface area contributed by atoms with Gasteiger partial charge < -0.3 is 4.90 Å². The van der Waals surface area contributed by atoms with E-state index in [1.807, 2.05) is 0 Å². The second-order valence-corrected chi connectivity index (χ2v) is 8.45. The Labute approximate surface area is 53.7 Å². The molecule has 0 spiro atoms. The summed E-state index contributed by atoms with van der Waals surface area (Å²) in [4.78, 5) is 2.15. The van der Waals surface area contributed by atoms with Gasteiger partial charge in [0.2, 0.25) is 0 Å². The van der Waals surface area contributed by atoms with Crippen molar-refractivity contribution in [2.75, 3.05) is 14.1 Å². The van der Waals surface area contributed by atoms with Crippen LogP contribution in [-0.4, -0.2) is 27.1 Å². The van der Waals surface area contributed by atoms with Crippen molar-refractivity contribution in [2.45, 2.75) is 19.6 Å². The Kier molecular flexibility index (Phi) is 2.70. The molecule has 0 N–H and O–H groups in total. The molecule has 0 saturated carbocycles. The normalized spacial score (nSPS) is 12.8. The standard InChI is InChI=1S/C6H16NSi/c1-7(2)6-8(3,4)5/h6H,1-5H3. The lowest BCUT2D eigenvalue weighted by molar-refractivity contribution is 0.532. The minimum Gasteiger partial charge on any atom is -0.308 e. The Morgan fingerprint density at radius 1 is 1.12 bits per heavy atom. The molecule has 1 nitrogen and oxygen atoms in total. The van der Waals surface area contributed by atoms with E-state index in [-0.39, 0.29) is 0 Å². The van der Waals surface area contributed by atoms with Crippen molar-refractivity contribution in [2.24, 2.45) is 0 Å². The monoisotopic (exact) mass is 130 g/mol. The highest BCUT2D eigenvalue weighted by Crippen LogP contribution is 2.05. The Morgan fingerprint density at radius 2 is 1.50 bits per heavy atom. The van der Waals surface area contributed by atoms with Crippen LogP contribution < -0.4 is 0 Å². The van der Waals surface area contributed by atoms with Gasteiger partial charge in [0.1, 0.15) is 0 Å². The minimum absolute atomic E-state index is 0.919. The first kappa shape index (κ1) is 8.18. The summed E-state index contributed by atoms with van der Waals surface area (Å²) in [6, 6.07) is 0. The minimum atomic E-state index is -0.919. The van der Waals surface area contributed by atoms with E-state index >= 15 is 0 Å². The number of hydrogen-bond donors (Lipinski definition) is 0. The fourth-order valence-corrected chi connectivity index (χ4v) is 2.32. The van der Waals surface area contributed by atoms with Crippen LogP contribution in [0, 0.1) is 6.17 Å². The van der Waals surface area contributed by atoms with Crippen molar-refractivity contribution < 1.29 is 0 Å². The molecule has 0 aliphatic rings. The van der Waals surface area contributed by atoms with Crippen LogP contribution in [-0.2, 0) is 0 Å². The van der Waals surface area contributed by atoms with Crippen LogP contribution in [0.15, 0.2) is 0 Å².